The molecule has 160 valence electrons. The third-order valence-electron chi connectivity index (χ3n) is 5.27. The van der Waals surface area contributed by atoms with E-state index in [9.17, 15) is 0 Å². The number of hydrogen-bond acceptors (Lipinski definition) is 5. The van der Waals surface area contributed by atoms with Gasteiger partial charge in [0.05, 0.1) is 30.9 Å². The molecule has 31 heavy (non-hydrogen) atoms. The van der Waals surface area contributed by atoms with Gasteiger partial charge in [0.25, 0.3) is 0 Å². The molecule has 1 atom stereocenters. The maximum Gasteiger partial charge on any atom is 0.231 e. The van der Waals surface area contributed by atoms with E-state index in [0.717, 1.165) is 34.7 Å². The molecule has 0 N–H and O–H groups in total. The number of halogens is 3. The fourth-order valence-corrected chi connectivity index (χ4v) is 4.48. The van der Waals surface area contributed by atoms with Gasteiger partial charge in [0.1, 0.15) is 6.10 Å². The van der Waals surface area contributed by atoms with Gasteiger partial charge in [-0.2, -0.15) is 0 Å². The van der Waals surface area contributed by atoms with E-state index >= 15 is 0 Å². The number of fused-ring (bicyclic) bond motifs is 2. The van der Waals surface area contributed by atoms with Crippen LogP contribution in [0.25, 0.3) is 0 Å². The van der Waals surface area contributed by atoms with Crippen molar-refractivity contribution in [2.75, 3.05) is 17.8 Å². The van der Waals surface area contributed by atoms with Gasteiger partial charge in [0, 0.05) is 45.8 Å². The van der Waals surface area contributed by atoms with Crippen LogP contribution >= 0.6 is 35.0 Å². The molecule has 0 amide bonds. The minimum Gasteiger partial charge on any atom is -0.454 e. The Labute approximate surface area is 194 Å². The Morgan fingerprint density at radius 1 is 1.13 bits per heavy atom. The zero-order chi connectivity index (χ0) is 21.4. The predicted molar refractivity (Wildman–Crippen MR) is 120 cm³/mol. The van der Waals surface area contributed by atoms with Gasteiger partial charge in [0.2, 0.25) is 6.79 Å². The summed E-state index contributed by atoms with van der Waals surface area (Å²) in [6, 6.07) is 9.28. The Balaban J connectivity index is 1.36. The summed E-state index contributed by atoms with van der Waals surface area (Å²) < 4.78 is 20.8. The molecular weight excluding hydrogens is 461 g/mol. The number of rotatable bonds is 6. The van der Waals surface area contributed by atoms with Gasteiger partial charge in [-0.05, 0) is 30.2 Å². The number of nitrogens with zero attached hydrogens (tertiary/aromatic N) is 3. The fraction of sp³-hybridized carbons (Fsp3) is 0.227. The zero-order valence-electron chi connectivity index (χ0n) is 16.3. The molecular formula is C22H18Cl3N3O3. The Bertz CT molecular complexity index is 1130. The summed E-state index contributed by atoms with van der Waals surface area (Å²) in [5.41, 5.74) is 3.62. The van der Waals surface area contributed by atoms with E-state index in [-0.39, 0.29) is 12.9 Å². The highest BCUT2D eigenvalue weighted by Gasteiger charge is 2.25. The molecule has 0 aliphatic carbocycles. The van der Waals surface area contributed by atoms with Gasteiger partial charge in [-0.3, -0.25) is 4.42 Å². The molecule has 3 heterocycles. The summed E-state index contributed by atoms with van der Waals surface area (Å²) in [6.07, 6.45) is 7.81. The highest BCUT2D eigenvalue weighted by Crippen LogP contribution is 2.42. The smallest absolute Gasteiger partial charge is 0.231 e. The number of benzene rings is 2. The highest BCUT2D eigenvalue weighted by atomic mass is 35.5. The maximum absolute atomic E-state index is 6.67. The van der Waals surface area contributed by atoms with Gasteiger partial charge in [-0.15, -0.1) is 0 Å². The molecule has 2 aliphatic heterocycles. The summed E-state index contributed by atoms with van der Waals surface area (Å²) in [4.78, 5) is 4.11. The quantitative estimate of drug-likeness (QED) is 0.421. The normalized spacial score (nSPS) is 15.6. The van der Waals surface area contributed by atoms with E-state index in [1.165, 1.54) is 0 Å². The van der Waals surface area contributed by atoms with Crippen LogP contribution in [0.4, 0.5) is 5.69 Å². The minimum absolute atomic E-state index is 0.224. The maximum atomic E-state index is 6.67. The van der Waals surface area contributed by atoms with E-state index in [2.05, 4.69) is 11.1 Å². The average Bonchev–Trinajstić information content (AvgIpc) is 3.43. The van der Waals surface area contributed by atoms with Crippen LogP contribution in [-0.4, -0.2) is 23.0 Å². The van der Waals surface area contributed by atoms with Crippen molar-refractivity contribution in [3.05, 3.63) is 82.0 Å². The lowest BCUT2D eigenvalue weighted by Crippen LogP contribution is -2.22. The predicted octanol–water partition coefficient (Wildman–Crippen LogP) is 5.78. The lowest BCUT2D eigenvalue weighted by molar-refractivity contribution is 0.0558. The average molecular weight is 479 g/mol. The number of ether oxygens (including phenoxy) is 3. The van der Waals surface area contributed by atoms with Gasteiger partial charge >= 0.3 is 0 Å². The molecule has 2 aliphatic rings. The van der Waals surface area contributed by atoms with Crippen LogP contribution in [0, 0.1) is 0 Å². The first-order valence-electron chi connectivity index (χ1n) is 9.68. The van der Waals surface area contributed by atoms with Crippen molar-refractivity contribution in [3.8, 4) is 11.5 Å². The Morgan fingerprint density at radius 3 is 2.74 bits per heavy atom. The Morgan fingerprint density at radius 2 is 1.97 bits per heavy atom. The van der Waals surface area contributed by atoms with Gasteiger partial charge < -0.3 is 18.8 Å². The molecule has 9 heteroatoms. The van der Waals surface area contributed by atoms with Crippen LogP contribution in [0.1, 0.15) is 17.2 Å². The number of imidazole rings is 1. The van der Waals surface area contributed by atoms with E-state index in [1.54, 1.807) is 29.1 Å². The van der Waals surface area contributed by atoms with E-state index in [4.69, 9.17) is 49.2 Å². The number of aromatic nitrogens is 2. The van der Waals surface area contributed by atoms with Gasteiger partial charge in [0.15, 0.2) is 11.5 Å². The van der Waals surface area contributed by atoms with Crippen LogP contribution < -0.4 is 13.9 Å². The molecule has 1 aromatic heterocycles. The molecule has 6 nitrogen and oxygen atoms in total. The third kappa shape index (κ3) is 4.21. The first kappa shape index (κ1) is 20.5. The number of anilines is 1. The van der Waals surface area contributed by atoms with Crippen molar-refractivity contribution in [3.63, 3.8) is 0 Å². The number of hydrogen-bond donors (Lipinski definition) is 0. The van der Waals surface area contributed by atoms with Crippen LogP contribution in [0.15, 0.2) is 60.8 Å². The first-order chi connectivity index (χ1) is 15.1. The molecule has 0 bridgehead atoms. The lowest BCUT2D eigenvalue weighted by atomic mass is 10.0. The summed E-state index contributed by atoms with van der Waals surface area (Å²) in [5.74, 6) is 1.44. The Kier molecular flexibility index (Phi) is 5.71. The zero-order valence-corrected chi connectivity index (χ0v) is 18.6. The van der Waals surface area contributed by atoms with Crippen LogP contribution in [-0.2, 0) is 17.7 Å². The highest BCUT2D eigenvalue weighted by molar-refractivity contribution is 6.35. The Hall–Kier alpha value is -2.38. The van der Waals surface area contributed by atoms with Crippen molar-refractivity contribution in [2.24, 2.45) is 0 Å². The largest absolute Gasteiger partial charge is 0.454 e. The first-order valence-corrected chi connectivity index (χ1v) is 10.8. The molecule has 1 unspecified atom stereocenters. The van der Waals surface area contributed by atoms with Gasteiger partial charge in [-0.1, -0.05) is 35.3 Å². The molecule has 0 radical (unpaired) electrons. The lowest BCUT2D eigenvalue weighted by Gasteiger charge is -2.28. The molecule has 0 saturated heterocycles. The van der Waals surface area contributed by atoms with E-state index < -0.39 is 0 Å². The summed E-state index contributed by atoms with van der Waals surface area (Å²) in [5, 5.41) is 1.13. The van der Waals surface area contributed by atoms with E-state index in [0.29, 0.717) is 28.9 Å². The van der Waals surface area contributed by atoms with Crippen LogP contribution in [0.5, 0.6) is 11.5 Å². The molecule has 0 spiro atoms. The third-order valence-corrected chi connectivity index (χ3v) is 6.23. The topological polar surface area (TPSA) is 48.8 Å². The molecule has 0 saturated carbocycles. The second kappa shape index (κ2) is 8.63. The molecule has 3 aromatic rings. The van der Waals surface area contributed by atoms with Crippen molar-refractivity contribution in [2.45, 2.75) is 19.1 Å². The SMILES string of the molecule is Clc1ccc(C(Cn2ccnc2)OCC2=CCc3cc4c(cc3N2Cl)OCO4)c(Cl)c1. The summed E-state index contributed by atoms with van der Waals surface area (Å²) >= 11 is 19.2. The molecule has 2 aromatic carbocycles. The van der Waals surface area contributed by atoms with Crippen molar-refractivity contribution < 1.29 is 14.2 Å². The second-order valence-electron chi connectivity index (χ2n) is 7.24. The molecule has 0 fully saturated rings. The second-order valence-corrected chi connectivity index (χ2v) is 8.42. The summed E-state index contributed by atoms with van der Waals surface area (Å²) in [7, 11) is 0. The fourth-order valence-electron chi connectivity index (χ4n) is 3.67. The van der Waals surface area contributed by atoms with E-state index in [1.807, 2.05) is 29.0 Å². The van der Waals surface area contributed by atoms with Crippen molar-refractivity contribution in [1.82, 2.24) is 9.55 Å². The van der Waals surface area contributed by atoms with Crippen LogP contribution in [0.3, 0.4) is 0 Å². The monoisotopic (exact) mass is 477 g/mol. The molecule has 5 rings (SSSR count). The van der Waals surface area contributed by atoms with Crippen molar-refractivity contribution in [1.29, 1.82) is 0 Å². The van der Waals surface area contributed by atoms with Crippen molar-refractivity contribution >= 4 is 40.7 Å². The van der Waals surface area contributed by atoms with Crippen LogP contribution in [0.2, 0.25) is 10.0 Å². The number of allylic oxidation sites excluding steroid dienone is 1. The summed E-state index contributed by atoms with van der Waals surface area (Å²) in [6.45, 7) is 1.07. The standard InChI is InChI=1S/C22H18Cl3N3O3/c23-15-2-4-17(18(24)8-15)22(10-27-6-5-26-12-27)29-11-16-3-1-14-7-20-21(31-13-30-20)9-19(14)28(16)25/h2-9,12,22H,1,10-11,13H2. The van der Waals surface area contributed by atoms with Gasteiger partial charge in [-0.25, -0.2) is 4.98 Å². The minimum atomic E-state index is -0.317.